The van der Waals surface area contributed by atoms with Gasteiger partial charge in [0, 0.05) is 25.4 Å². The van der Waals surface area contributed by atoms with Gasteiger partial charge < -0.3 is 19.6 Å². The molecule has 7 heteroatoms. The summed E-state index contributed by atoms with van der Waals surface area (Å²) in [6, 6.07) is 2.58. The number of ketones is 1. The van der Waals surface area contributed by atoms with E-state index >= 15 is 0 Å². The summed E-state index contributed by atoms with van der Waals surface area (Å²) >= 11 is 3.28. The van der Waals surface area contributed by atoms with Crippen LogP contribution in [0.15, 0.2) is 27.9 Å². The summed E-state index contributed by atoms with van der Waals surface area (Å²) in [5.41, 5.74) is 1.84. The average Bonchev–Trinajstić information content (AvgIpc) is 2.50. The summed E-state index contributed by atoms with van der Waals surface area (Å²) in [6.45, 7) is 3.23. The van der Waals surface area contributed by atoms with Gasteiger partial charge in [0.05, 0.1) is 17.6 Å². The van der Waals surface area contributed by atoms with Crippen molar-refractivity contribution in [2.75, 3.05) is 21.2 Å². The van der Waals surface area contributed by atoms with Crippen LogP contribution < -0.4 is 4.74 Å². The van der Waals surface area contributed by atoms with Crippen molar-refractivity contribution in [3.63, 3.8) is 0 Å². The molecule has 0 saturated heterocycles. The fourth-order valence-corrected chi connectivity index (χ4v) is 3.27. The molecule has 0 radical (unpaired) electrons. The highest BCUT2D eigenvalue weighted by Gasteiger charge is 2.37. The smallest absolute Gasteiger partial charge is 0.324 e. The number of urea groups is 1. The lowest BCUT2D eigenvalue weighted by Crippen LogP contribution is -2.46. The van der Waals surface area contributed by atoms with Crippen LogP contribution in [0.2, 0.25) is 0 Å². The van der Waals surface area contributed by atoms with Gasteiger partial charge in [0.1, 0.15) is 0 Å². The van der Waals surface area contributed by atoms with E-state index in [0.717, 1.165) is 0 Å². The Hall–Kier alpha value is -2.02. The molecule has 1 atom stereocenters. The van der Waals surface area contributed by atoms with Crippen LogP contribution >= 0.6 is 15.9 Å². The van der Waals surface area contributed by atoms with Gasteiger partial charge in [-0.3, -0.25) is 4.79 Å². The first-order valence-electron chi connectivity index (χ1n) is 6.99. The van der Waals surface area contributed by atoms with Crippen molar-refractivity contribution in [3.05, 3.63) is 33.4 Å². The van der Waals surface area contributed by atoms with Gasteiger partial charge in [0.2, 0.25) is 0 Å². The maximum absolute atomic E-state index is 12.4. The summed E-state index contributed by atoms with van der Waals surface area (Å²) in [6.07, 6.45) is 0. The lowest BCUT2D eigenvalue weighted by Gasteiger charge is -2.39. The van der Waals surface area contributed by atoms with Gasteiger partial charge in [-0.25, -0.2) is 4.79 Å². The Labute approximate surface area is 143 Å². The number of benzene rings is 1. The summed E-state index contributed by atoms with van der Waals surface area (Å²) in [5, 5.41) is 9.97. The molecular formula is C16H19BrN2O4. The third-order valence-corrected chi connectivity index (χ3v) is 4.71. The van der Waals surface area contributed by atoms with Crippen LogP contribution in [0.1, 0.15) is 25.5 Å². The monoisotopic (exact) mass is 382 g/mol. The SMILES string of the molecule is COc1cc(C2C(C(C)=O)=C(C)N(C)C(=O)N2C)cc(Br)c1O. The molecule has 1 aliphatic rings. The van der Waals surface area contributed by atoms with Crippen molar-refractivity contribution >= 4 is 27.7 Å². The molecule has 0 bridgehead atoms. The minimum absolute atomic E-state index is 0.0248. The average molecular weight is 383 g/mol. The Morgan fingerprint density at radius 2 is 1.96 bits per heavy atom. The molecule has 1 aliphatic heterocycles. The Bertz CT molecular complexity index is 714. The Kier molecular flexibility index (Phi) is 4.70. The molecule has 124 valence electrons. The van der Waals surface area contributed by atoms with Crippen molar-refractivity contribution < 1.29 is 19.4 Å². The molecular weight excluding hydrogens is 364 g/mol. The molecule has 0 spiro atoms. The first kappa shape index (κ1) is 17.3. The van der Waals surface area contributed by atoms with Gasteiger partial charge in [0.15, 0.2) is 17.3 Å². The van der Waals surface area contributed by atoms with Crippen molar-refractivity contribution in [1.82, 2.24) is 9.80 Å². The summed E-state index contributed by atoms with van der Waals surface area (Å²) in [4.78, 5) is 27.6. The van der Waals surface area contributed by atoms with Crippen LogP contribution in [-0.2, 0) is 4.79 Å². The molecule has 1 aromatic rings. The zero-order valence-corrected chi connectivity index (χ0v) is 15.3. The molecule has 2 rings (SSSR count). The fraction of sp³-hybridized carbons (Fsp3) is 0.375. The third kappa shape index (κ3) is 2.81. The van der Waals surface area contributed by atoms with Crippen LogP contribution in [0.25, 0.3) is 0 Å². The number of halogens is 1. The molecule has 1 aromatic carbocycles. The van der Waals surface area contributed by atoms with E-state index < -0.39 is 6.04 Å². The second-order valence-corrected chi connectivity index (χ2v) is 6.32. The summed E-state index contributed by atoms with van der Waals surface area (Å²) < 4.78 is 5.61. The molecule has 1 N–H and O–H groups in total. The van der Waals surface area contributed by atoms with Gasteiger partial charge in [-0.05, 0) is 47.5 Å². The number of rotatable bonds is 3. The van der Waals surface area contributed by atoms with Crippen molar-refractivity contribution in [1.29, 1.82) is 0 Å². The number of nitrogens with zero attached hydrogens (tertiary/aromatic N) is 2. The van der Waals surface area contributed by atoms with Crippen LogP contribution in [-0.4, -0.2) is 47.9 Å². The summed E-state index contributed by atoms with van der Waals surface area (Å²) in [7, 11) is 4.73. The number of Topliss-reactive ketones (excluding diaryl/α,β-unsaturated/α-hetero) is 1. The maximum Gasteiger partial charge on any atom is 0.324 e. The first-order chi connectivity index (χ1) is 10.7. The van der Waals surface area contributed by atoms with E-state index in [1.54, 1.807) is 33.2 Å². The zero-order chi connectivity index (χ0) is 17.5. The quantitative estimate of drug-likeness (QED) is 0.871. The number of likely N-dealkylation sites (N-methyl/N-ethyl adjacent to an activating group) is 1. The minimum Gasteiger partial charge on any atom is -0.503 e. The zero-order valence-electron chi connectivity index (χ0n) is 13.7. The van der Waals surface area contributed by atoms with Crippen molar-refractivity contribution in [3.8, 4) is 11.5 Å². The van der Waals surface area contributed by atoms with E-state index in [2.05, 4.69) is 15.9 Å². The third-order valence-electron chi connectivity index (χ3n) is 4.11. The second kappa shape index (κ2) is 6.23. The number of hydrogen-bond donors (Lipinski definition) is 1. The lowest BCUT2D eigenvalue weighted by molar-refractivity contribution is -0.114. The number of phenols is 1. The van der Waals surface area contributed by atoms with Gasteiger partial charge in [-0.1, -0.05) is 0 Å². The van der Waals surface area contributed by atoms with Crippen molar-refractivity contribution in [2.45, 2.75) is 19.9 Å². The molecule has 0 saturated carbocycles. The van der Waals surface area contributed by atoms with Crippen LogP contribution in [0.5, 0.6) is 11.5 Å². The van der Waals surface area contributed by atoms with Crippen LogP contribution in [0, 0.1) is 0 Å². The van der Waals surface area contributed by atoms with E-state index in [1.807, 2.05) is 0 Å². The van der Waals surface area contributed by atoms with Gasteiger partial charge >= 0.3 is 6.03 Å². The lowest BCUT2D eigenvalue weighted by atomic mass is 9.91. The van der Waals surface area contributed by atoms with Gasteiger partial charge in [0.25, 0.3) is 0 Å². The molecule has 1 unspecified atom stereocenters. The number of carbonyl (C=O) groups excluding carboxylic acids is 2. The normalized spacial score (nSPS) is 18.5. The van der Waals surface area contributed by atoms with E-state index in [1.165, 1.54) is 23.8 Å². The highest BCUT2D eigenvalue weighted by molar-refractivity contribution is 9.10. The van der Waals surface area contributed by atoms with Gasteiger partial charge in [-0.15, -0.1) is 0 Å². The molecule has 23 heavy (non-hydrogen) atoms. The molecule has 0 aromatic heterocycles. The number of hydrogen-bond acceptors (Lipinski definition) is 4. The predicted octanol–water partition coefficient (Wildman–Crippen LogP) is 3.06. The molecule has 0 aliphatic carbocycles. The number of ether oxygens (including phenoxy) is 1. The van der Waals surface area contributed by atoms with E-state index in [-0.39, 0.29) is 23.3 Å². The molecule has 6 nitrogen and oxygen atoms in total. The predicted molar refractivity (Wildman–Crippen MR) is 89.4 cm³/mol. The minimum atomic E-state index is -0.540. The van der Waals surface area contributed by atoms with Crippen LogP contribution in [0.3, 0.4) is 0 Å². The van der Waals surface area contributed by atoms with Gasteiger partial charge in [-0.2, -0.15) is 0 Å². The number of carbonyl (C=O) groups is 2. The number of phenolic OH excluding ortho intramolecular Hbond substituents is 1. The first-order valence-corrected chi connectivity index (χ1v) is 7.78. The largest absolute Gasteiger partial charge is 0.503 e. The highest BCUT2D eigenvalue weighted by Crippen LogP contribution is 2.42. The standard InChI is InChI=1S/C16H19BrN2O4/c1-8-13(9(2)20)14(19(4)16(22)18(8)3)10-6-11(17)15(21)12(7-10)23-5/h6-7,14,21H,1-5H3. The number of amides is 2. The summed E-state index contributed by atoms with van der Waals surface area (Å²) in [5.74, 6) is 0.139. The Balaban J connectivity index is 2.71. The molecule has 2 amide bonds. The fourth-order valence-electron chi connectivity index (χ4n) is 2.81. The van der Waals surface area contributed by atoms with E-state index in [4.69, 9.17) is 4.74 Å². The molecule has 0 fully saturated rings. The van der Waals surface area contributed by atoms with Crippen LogP contribution in [0.4, 0.5) is 4.79 Å². The molecule has 1 heterocycles. The number of methoxy groups -OCH3 is 1. The second-order valence-electron chi connectivity index (χ2n) is 5.46. The van der Waals surface area contributed by atoms with E-state index in [9.17, 15) is 14.7 Å². The Morgan fingerprint density at radius 1 is 1.35 bits per heavy atom. The van der Waals surface area contributed by atoms with Crippen molar-refractivity contribution in [2.24, 2.45) is 0 Å². The maximum atomic E-state index is 12.4. The highest BCUT2D eigenvalue weighted by atomic mass is 79.9. The number of aromatic hydroxyl groups is 1. The van der Waals surface area contributed by atoms with E-state index in [0.29, 0.717) is 21.3 Å². The topological polar surface area (TPSA) is 70.1 Å². The number of allylic oxidation sites excluding steroid dienone is 1. The Morgan fingerprint density at radius 3 is 2.48 bits per heavy atom.